The zero-order valence-electron chi connectivity index (χ0n) is 23.7. The lowest BCUT2D eigenvalue weighted by Crippen LogP contribution is -2.19. The molecule has 2 aromatic carbocycles. The fraction of sp³-hybridized carbons (Fsp3) is 0.571. The van der Waals surface area contributed by atoms with Crippen LogP contribution in [-0.2, 0) is 21.7 Å². The SMILES string of the molecule is CC(C)(C)c1cc(-c2cc(C(C)(C)C)cc(C(C)(C)C)c2OP(O)Cl)c(OP(O)Cl)c(C(C)(C)C)c1. The molecule has 2 atom stereocenters. The monoisotopic (exact) mass is 574 g/mol. The summed E-state index contributed by atoms with van der Waals surface area (Å²) in [5.41, 5.74) is 4.61. The van der Waals surface area contributed by atoms with Gasteiger partial charge in [-0.1, -0.05) is 95.2 Å². The molecular weight excluding hydrogens is 533 g/mol. The van der Waals surface area contributed by atoms with E-state index < -0.39 is 15.5 Å². The number of rotatable bonds is 5. The summed E-state index contributed by atoms with van der Waals surface area (Å²) in [5.74, 6) is 1.01. The van der Waals surface area contributed by atoms with Crippen LogP contribution in [0.25, 0.3) is 11.1 Å². The first-order valence-electron chi connectivity index (χ1n) is 12.1. The first-order valence-corrected chi connectivity index (χ1v) is 16.3. The predicted octanol–water partition coefficient (Wildman–Crippen LogP) is 10.2. The van der Waals surface area contributed by atoms with Crippen LogP contribution in [0.3, 0.4) is 0 Å². The molecule has 0 aromatic heterocycles. The van der Waals surface area contributed by atoms with Crippen molar-refractivity contribution < 1.29 is 18.8 Å². The van der Waals surface area contributed by atoms with Gasteiger partial charge in [-0.15, -0.1) is 0 Å². The van der Waals surface area contributed by atoms with Gasteiger partial charge in [0.2, 0.25) is 0 Å². The first kappa shape index (κ1) is 31.6. The Bertz CT molecular complexity index is 1000. The van der Waals surface area contributed by atoms with Crippen LogP contribution in [-0.4, -0.2) is 9.79 Å². The second-order valence-corrected chi connectivity index (χ2v) is 16.4. The Balaban J connectivity index is 3.23. The van der Waals surface area contributed by atoms with E-state index in [9.17, 15) is 9.79 Å². The van der Waals surface area contributed by atoms with Crippen LogP contribution in [0.5, 0.6) is 11.5 Å². The van der Waals surface area contributed by atoms with Crippen molar-refractivity contribution >= 4 is 37.9 Å². The van der Waals surface area contributed by atoms with E-state index in [0.717, 1.165) is 33.4 Å². The molecule has 0 fully saturated rings. The highest BCUT2D eigenvalue weighted by molar-refractivity contribution is 7.75. The molecule has 0 aliphatic heterocycles. The van der Waals surface area contributed by atoms with Gasteiger partial charge >= 0.3 is 15.5 Å². The molecular formula is C28H42Cl2O4P2. The maximum Gasteiger partial charge on any atom is 0.335 e. The normalized spacial score (nSPS) is 15.0. The van der Waals surface area contributed by atoms with Gasteiger partial charge in [0.05, 0.1) is 0 Å². The van der Waals surface area contributed by atoms with Crippen LogP contribution in [0.15, 0.2) is 24.3 Å². The highest BCUT2D eigenvalue weighted by atomic mass is 35.7. The van der Waals surface area contributed by atoms with Crippen molar-refractivity contribution in [1.29, 1.82) is 0 Å². The fourth-order valence-electron chi connectivity index (χ4n) is 3.99. The van der Waals surface area contributed by atoms with E-state index in [-0.39, 0.29) is 21.7 Å². The van der Waals surface area contributed by atoms with E-state index in [0.29, 0.717) is 11.5 Å². The smallest absolute Gasteiger partial charge is 0.335 e. The summed E-state index contributed by atoms with van der Waals surface area (Å²) in [5, 5.41) is 0. The lowest BCUT2D eigenvalue weighted by Gasteiger charge is -2.32. The van der Waals surface area contributed by atoms with Crippen molar-refractivity contribution in [3.63, 3.8) is 0 Å². The summed E-state index contributed by atoms with van der Waals surface area (Å²) in [7, 11) is -4.42. The molecule has 0 bridgehead atoms. The minimum atomic E-state index is -2.21. The predicted molar refractivity (Wildman–Crippen MR) is 158 cm³/mol. The van der Waals surface area contributed by atoms with Gasteiger partial charge in [-0.05, 0) is 67.4 Å². The largest absolute Gasteiger partial charge is 0.435 e. The van der Waals surface area contributed by atoms with Crippen LogP contribution >= 0.6 is 37.9 Å². The van der Waals surface area contributed by atoms with Crippen LogP contribution in [0.4, 0.5) is 0 Å². The maximum absolute atomic E-state index is 10.2. The molecule has 0 aliphatic carbocycles. The summed E-state index contributed by atoms with van der Waals surface area (Å²) < 4.78 is 12.0. The number of hydrogen-bond donors (Lipinski definition) is 2. The number of halogens is 2. The molecule has 0 spiro atoms. The van der Waals surface area contributed by atoms with Crippen molar-refractivity contribution in [2.24, 2.45) is 0 Å². The summed E-state index contributed by atoms with van der Waals surface area (Å²) in [6.45, 7) is 25.6. The molecule has 2 aromatic rings. The van der Waals surface area contributed by atoms with E-state index >= 15 is 0 Å². The Hall–Kier alpha value is -0.600. The molecule has 2 N–H and O–H groups in total. The second kappa shape index (κ2) is 10.9. The molecule has 8 heteroatoms. The van der Waals surface area contributed by atoms with E-state index in [1.807, 2.05) is 0 Å². The van der Waals surface area contributed by atoms with Gasteiger partial charge in [-0.2, -0.15) is 0 Å². The minimum absolute atomic E-state index is 0.163. The second-order valence-electron chi connectivity index (χ2n) is 13.4. The summed E-state index contributed by atoms with van der Waals surface area (Å²) in [4.78, 5) is 20.4. The first-order chi connectivity index (χ1) is 16.0. The van der Waals surface area contributed by atoms with Gasteiger partial charge in [0, 0.05) is 22.3 Å². The minimum Gasteiger partial charge on any atom is -0.435 e. The molecule has 202 valence electrons. The van der Waals surface area contributed by atoms with Gasteiger partial charge in [-0.3, -0.25) is 0 Å². The molecule has 0 amide bonds. The van der Waals surface area contributed by atoms with Gasteiger partial charge in [-0.25, -0.2) is 0 Å². The molecule has 0 heterocycles. The van der Waals surface area contributed by atoms with E-state index in [1.165, 1.54) is 0 Å². The number of hydrogen-bond acceptors (Lipinski definition) is 4. The lowest BCUT2D eigenvalue weighted by molar-refractivity contribution is 0.477. The van der Waals surface area contributed by atoms with Crippen molar-refractivity contribution in [3.05, 3.63) is 46.5 Å². The van der Waals surface area contributed by atoms with Crippen LogP contribution < -0.4 is 9.05 Å². The highest BCUT2D eigenvalue weighted by Gasteiger charge is 2.33. The third-order valence-electron chi connectivity index (χ3n) is 6.15. The average molecular weight is 575 g/mol. The molecule has 0 radical (unpaired) electrons. The van der Waals surface area contributed by atoms with Crippen LogP contribution in [0, 0.1) is 0 Å². The molecule has 0 saturated carbocycles. The number of benzene rings is 2. The topological polar surface area (TPSA) is 58.9 Å². The van der Waals surface area contributed by atoms with Crippen molar-refractivity contribution in [3.8, 4) is 22.6 Å². The molecule has 2 rings (SSSR count). The van der Waals surface area contributed by atoms with E-state index in [2.05, 4.69) is 107 Å². The zero-order valence-corrected chi connectivity index (χ0v) is 27.0. The van der Waals surface area contributed by atoms with Gasteiger partial charge in [0.1, 0.15) is 11.5 Å². The quantitative estimate of drug-likeness (QED) is 0.348. The van der Waals surface area contributed by atoms with Crippen LogP contribution in [0.2, 0.25) is 0 Å². The summed E-state index contributed by atoms with van der Waals surface area (Å²) in [6.07, 6.45) is 0. The van der Waals surface area contributed by atoms with Crippen molar-refractivity contribution in [1.82, 2.24) is 0 Å². The van der Waals surface area contributed by atoms with Crippen molar-refractivity contribution in [2.75, 3.05) is 0 Å². The standard InChI is InChI=1S/C28H42Cl2O4P2/c1-25(2,3)17-13-19(23(33-35(29)31)21(15-17)27(7,8)9)20-14-18(26(4,5)6)16-22(28(10,11)12)24(20)34-36(30)32/h13-16,31-32H,1-12H3. The van der Waals surface area contributed by atoms with Gasteiger partial charge in [0.15, 0.2) is 0 Å². The van der Waals surface area contributed by atoms with Gasteiger partial charge < -0.3 is 18.8 Å². The van der Waals surface area contributed by atoms with Gasteiger partial charge in [0.25, 0.3) is 0 Å². The zero-order chi connectivity index (χ0) is 28.0. The Morgan fingerprint density at radius 3 is 1.00 bits per heavy atom. The molecule has 2 unspecified atom stereocenters. The Labute approximate surface area is 230 Å². The Morgan fingerprint density at radius 2 is 0.806 bits per heavy atom. The summed E-state index contributed by atoms with van der Waals surface area (Å²) in [6, 6.07) is 8.42. The molecule has 36 heavy (non-hydrogen) atoms. The Morgan fingerprint density at radius 1 is 0.528 bits per heavy atom. The molecule has 0 saturated heterocycles. The third kappa shape index (κ3) is 7.72. The lowest BCUT2D eigenvalue weighted by atomic mass is 9.75. The summed E-state index contributed by atoms with van der Waals surface area (Å²) >= 11 is 12.1. The van der Waals surface area contributed by atoms with Crippen LogP contribution in [0.1, 0.15) is 105 Å². The Kier molecular flexibility index (Phi) is 9.55. The average Bonchev–Trinajstić information content (AvgIpc) is 2.63. The fourth-order valence-corrected chi connectivity index (χ4v) is 5.09. The maximum atomic E-state index is 10.2. The molecule has 4 nitrogen and oxygen atoms in total. The van der Waals surface area contributed by atoms with E-state index in [1.54, 1.807) is 0 Å². The molecule has 0 aliphatic rings. The third-order valence-corrected chi connectivity index (χ3v) is 7.23. The van der Waals surface area contributed by atoms with E-state index in [4.69, 9.17) is 31.5 Å². The van der Waals surface area contributed by atoms with Crippen molar-refractivity contribution in [2.45, 2.75) is 105 Å². The highest BCUT2D eigenvalue weighted by Crippen LogP contribution is 2.54.